The molecule has 0 radical (unpaired) electrons. The van der Waals surface area contributed by atoms with E-state index in [1.807, 2.05) is 18.2 Å². The first-order valence-corrected chi connectivity index (χ1v) is 6.67. The quantitative estimate of drug-likeness (QED) is 0.742. The zero-order chi connectivity index (χ0) is 12.7. The lowest BCUT2D eigenvalue weighted by molar-refractivity contribution is -0.137. The predicted octanol–water partition coefficient (Wildman–Crippen LogP) is 4.16. The Morgan fingerprint density at radius 2 is 2.12 bits per heavy atom. The van der Waals surface area contributed by atoms with Gasteiger partial charge < -0.3 is 10.4 Å². The molecule has 94 valence electrons. The van der Waals surface area contributed by atoms with Crippen LogP contribution in [-0.4, -0.2) is 17.6 Å². The molecule has 1 aromatic rings. The van der Waals surface area contributed by atoms with Gasteiger partial charge in [-0.1, -0.05) is 34.0 Å². The normalized spacial score (nSPS) is 10.2. The van der Waals surface area contributed by atoms with Gasteiger partial charge in [0.25, 0.3) is 0 Å². The highest BCUT2D eigenvalue weighted by Gasteiger charge is 2.00. The molecule has 5 heteroatoms. The second-order valence-corrected chi connectivity index (χ2v) is 5.08. The van der Waals surface area contributed by atoms with Gasteiger partial charge in [-0.3, -0.25) is 4.79 Å². The lowest BCUT2D eigenvalue weighted by atomic mass is 10.2. The molecule has 0 fully saturated rings. The van der Waals surface area contributed by atoms with Gasteiger partial charge in [0.1, 0.15) is 0 Å². The molecule has 0 spiro atoms. The van der Waals surface area contributed by atoms with Crippen LogP contribution in [-0.2, 0) is 4.79 Å². The van der Waals surface area contributed by atoms with Gasteiger partial charge in [-0.2, -0.15) is 0 Å². The van der Waals surface area contributed by atoms with Gasteiger partial charge in [-0.15, -0.1) is 0 Å². The van der Waals surface area contributed by atoms with Crippen molar-refractivity contribution in [1.29, 1.82) is 0 Å². The van der Waals surface area contributed by atoms with Crippen molar-refractivity contribution < 1.29 is 9.90 Å². The molecule has 0 aromatic heterocycles. The molecule has 17 heavy (non-hydrogen) atoms. The number of unbranched alkanes of at least 4 members (excludes halogenated alkanes) is 2. The minimum Gasteiger partial charge on any atom is -0.481 e. The molecule has 0 saturated carbocycles. The van der Waals surface area contributed by atoms with Crippen LogP contribution in [0.2, 0.25) is 5.02 Å². The van der Waals surface area contributed by atoms with Crippen LogP contribution in [0.1, 0.15) is 25.7 Å². The fourth-order valence-corrected chi connectivity index (χ4v) is 2.17. The Morgan fingerprint density at radius 1 is 1.35 bits per heavy atom. The van der Waals surface area contributed by atoms with Crippen molar-refractivity contribution in [2.75, 3.05) is 11.9 Å². The van der Waals surface area contributed by atoms with E-state index in [-0.39, 0.29) is 6.42 Å². The van der Waals surface area contributed by atoms with Crippen LogP contribution in [0.4, 0.5) is 5.69 Å². The Bertz CT molecular complexity index is 385. The summed E-state index contributed by atoms with van der Waals surface area (Å²) < 4.78 is 0.953. The van der Waals surface area contributed by atoms with Crippen molar-refractivity contribution >= 4 is 39.2 Å². The second-order valence-electron chi connectivity index (χ2n) is 3.76. The maximum absolute atomic E-state index is 10.3. The van der Waals surface area contributed by atoms with Crippen molar-refractivity contribution in [3.63, 3.8) is 0 Å². The van der Waals surface area contributed by atoms with E-state index in [1.165, 1.54) is 0 Å². The van der Waals surface area contributed by atoms with Crippen molar-refractivity contribution in [3.05, 3.63) is 27.7 Å². The zero-order valence-corrected chi connectivity index (χ0v) is 11.7. The number of nitrogens with one attached hydrogen (secondary N) is 1. The van der Waals surface area contributed by atoms with E-state index in [0.29, 0.717) is 5.02 Å². The van der Waals surface area contributed by atoms with Crippen molar-refractivity contribution in [1.82, 2.24) is 0 Å². The molecule has 0 amide bonds. The first-order valence-electron chi connectivity index (χ1n) is 5.50. The van der Waals surface area contributed by atoms with E-state index < -0.39 is 5.97 Å². The highest BCUT2D eigenvalue weighted by Crippen LogP contribution is 2.25. The topological polar surface area (TPSA) is 49.3 Å². The molecule has 3 nitrogen and oxygen atoms in total. The Kier molecular flexibility index (Phi) is 6.37. The van der Waals surface area contributed by atoms with E-state index >= 15 is 0 Å². The van der Waals surface area contributed by atoms with E-state index in [1.54, 1.807) is 0 Å². The number of aliphatic carboxylic acids is 1. The smallest absolute Gasteiger partial charge is 0.303 e. The maximum atomic E-state index is 10.3. The largest absolute Gasteiger partial charge is 0.481 e. The third-order valence-corrected chi connectivity index (χ3v) is 3.12. The monoisotopic (exact) mass is 319 g/mol. The van der Waals surface area contributed by atoms with Gasteiger partial charge in [0.2, 0.25) is 0 Å². The number of hydrogen-bond acceptors (Lipinski definition) is 2. The Labute approximate surface area is 114 Å². The Hall–Kier alpha value is -0.740. The van der Waals surface area contributed by atoms with Gasteiger partial charge in [0.15, 0.2) is 0 Å². The van der Waals surface area contributed by atoms with Crippen LogP contribution in [0.5, 0.6) is 0 Å². The van der Waals surface area contributed by atoms with Crippen LogP contribution in [0.15, 0.2) is 22.7 Å². The minimum absolute atomic E-state index is 0.249. The molecule has 0 bridgehead atoms. The predicted molar refractivity (Wildman–Crippen MR) is 73.7 cm³/mol. The van der Waals surface area contributed by atoms with Gasteiger partial charge in [0.05, 0.1) is 10.7 Å². The summed E-state index contributed by atoms with van der Waals surface area (Å²) in [5.74, 6) is -0.728. The number of carboxylic acids is 1. The van der Waals surface area contributed by atoms with Crippen LogP contribution < -0.4 is 5.32 Å². The van der Waals surface area contributed by atoms with Crippen molar-refractivity contribution in [3.8, 4) is 0 Å². The Balaban J connectivity index is 2.20. The van der Waals surface area contributed by atoms with E-state index in [4.69, 9.17) is 16.7 Å². The van der Waals surface area contributed by atoms with Crippen molar-refractivity contribution in [2.45, 2.75) is 25.7 Å². The molecule has 2 N–H and O–H groups in total. The SMILES string of the molecule is O=C(O)CCCCCNc1ccc(Br)cc1Cl. The average molecular weight is 321 g/mol. The standard InChI is InChI=1S/C12H15BrClNO2/c13-9-5-6-11(10(14)8-9)15-7-3-1-2-4-12(16)17/h5-6,8,15H,1-4,7H2,(H,16,17). The van der Waals surface area contributed by atoms with Crippen LogP contribution in [0, 0.1) is 0 Å². The molecule has 1 rings (SSSR count). The van der Waals surface area contributed by atoms with Crippen LogP contribution >= 0.6 is 27.5 Å². The number of hydrogen-bond donors (Lipinski definition) is 2. The summed E-state index contributed by atoms with van der Waals surface area (Å²) in [7, 11) is 0. The number of carboxylic acid groups (broad SMARTS) is 1. The van der Waals surface area contributed by atoms with Gasteiger partial charge in [0, 0.05) is 17.4 Å². The van der Waals surface area contributed by atoms with E-state index in [2.05, 4.69) is 21.2 Å². The van der Waals surface area contributed by atoms with Gasteiger partial charge in [-0.25, -0.2) is 0 Å². The zero-order valence-electron chi connectivity index (χ0n) is 9.38. The summed E-state index contributed by atoms with van der Waals surface area (Å²) in [6.07, 6.45) is 2.83. The van der Waals surface area contributed by atoms with Gasteiger partial charge >= 0.3 is 5.97 Å². The second kappa shape index (κ2) is 7.56. The lowest BCUT2D eigenvalue weighted by Gasteiger charge is -2.08. The first-order chi connectivity index (χ1) is 8.09. The molecule has 0 unspecified atom stereocenters. The highest BCUT2D eigenvalue weighted by atomic mass is 79.9. The molecular weight excluding hydrogens is 305 g/mol. The Morgan fingerprint density at radius 3 is 2.76 bits per heavy atom. The number of rotatable bonds is 7. The summed E-state index contributed by atoms with van der Waals surface area (Å²) >= 11 is 9.39. The molecule has 0 atom stereocenters. The summed E-state index contributed by atoms with van der Waals surface area (Å²) in [6, 6.07) is 5.69. The molecule has 0 aliphatic rings. The number of carbonyl (C=O) groups is 1. The number of anilines is 1. The van der Waals surface area contributed by atoms with Gasteiger partial charge in [-0.05, 0) is 31.0 Å². The molecule has 0 saturated heterocycles. The number of halogens is 2. The van der Waals surface area contributed by atoms with E-state index in [0.717, 1.165) is 36.0 Å². The third-order valence-electron chi connectivity index (χ3n) is 2.31. The maximum Gasteiger partial charge on any atom is 0.303 e. The third kappa shape index (κ3) is 5.94. The summed E-state index contributed by atoms with van der Waals surface area (Å²) in [6.45, 7) is 0.807. The fourth-order valence-electron chi connectivity index (χ4n) is 1.43. The molecule has 0 heterocycles. The minimum atomic E-state index is -0.728. The summed E-state index contributed by atoms with van der Waals surface area (Å²) in [5, 5.41) is 12.4. The van der Waals surface area contributed by atoms with Crippen LogP contribution in [0.25, 0.3) is 0 Å². The summed E-state index contributed by atoms with van der Waals surface area (Å²) in [5.41, 5.74) is 0.910. The van der Waals surface area contributed by atoms with Crippen LogP contribution in [0.3, 0.4) is 0 Å². The number of benzene rings is 1. The lowest BCUT2D eigenvalue weighted by Crippen LogP contribution is -2.02. The molecule has 0 aliphatic carbocycles. The summed E-state index contributed by atoms with van der Waals surface area (Å²) in [4.78, 5) is 10.3. The van der Waals surface area contributed by atoms with E-state index in [9.17, 15) is 4.79 Å². The molecular formula is C12H15BrClNO2. The average Bonchev–Trinajstić information content (AvgIpc) is 2.25. The molecule has 1 aromatic carbocycles. The fraction of sp³-hybridized carbons (Fsp3) is 0.417. The highest BCUT2D eigenvalue weighted by molar-refractivity contribution is 9.10. The van der Waals surface area contributed by atoms with Crippen molar-refractivity contribution in [2.24, 2.45) is 0 Å². The molecule has 0 aliphatic heterocycles. The first kappa shape index (κ1) is 14.3.